The first-order valence-corrected chi connectivity index (χ1v) is 9.22. The minimum Gasteiger partial charge on any atom is -0.382 e. The third-order valence-corrected chi connectivity index (χ3v) is 4.27. The van der Waals surface area contributed by atoms with Gasteiger partial charge in [-0.15, -0.1) is 0 Å². The van der Waals surface area contributed by atoms with Gasteiger partial charge in [-0.05, 0) is 37.4 Å². The molecule has 146 valence electrons. The van der Waals surface area contributed by atoms with E-state index in [-0.39, 0.29) is 6.03 Å². The maximum atomic E-state index is 12.4. The smallest absolute Gasteiger partial charge is 0.319 e. The minimum absolute atomic E-state index is 0.240. The number of benzene rings is 2. The second-order valence-corrected chi connectivity index (χ2v) is 6.77. The maximum Gasteiger partial charge on any atom is 0.319 e. The molecule has 0 aliphatic rings. The summed E-state index contributed by atoms with van der Waals surface area (Å²) in [5.41, 5.74) is 4.68. The molecule has 1 aromatic heterocycles. The highest BCUT2D eigenvalue weighted by Gasteiger charge is 2.09. The lowest BCUT2D eigenvalue weighted by atomic mass is 10.1. The summed E-state index contributed by atoms with van der Waals surface area (Å²) in [6.07, 6.45) is 3.62. The predicted molar refractivity (Wildman–Crippen MR) is 113 cm³/mol. The molecule has 1 heterocycles. The van der Waals surface area contributed by atoms with E-state index >= 15 is 0 Å². The first kappa shape index (κ1) is 19.4. The van der Waals surface area contributed by atoms with Crippen LogP contribution < -0.4 is 16.0 Å². The molecular formula is C21H26N6O. The monoisotopic (exact) mass is 378 g/mol. The molecule has 0 unspecified atom stereocenters. The average molecular weight is 378 g/mol. The van der Waals surface area contributed by atoms with Gasteiger partial charge in [0.05, 0.1) is 17.6 Å². The number of nitrogens with zero attached hydrogens (tertiary/aromatic N) is 2. The largest absolute Gasteiger partial charge is 0.382 e. The van der Waals surface area contributed by atoms with Crippen molar-refractivity contribution in [3.8, 4) is 11.1 Å². The van der Waals surface area contributed by atoms with E-state index in [4.69, 9.17) is 0 Å². The van der Waals surface area contributed by atoms with Crippen LogP contribution in [0.5, 0.6) is 0 Å². The van der Waals surface area contributed by atoms with Crippen LogP contribution in [-0.4, -0.2) is 48.3 Å². The summed E-state index contributed by atoms with van der Waals surface area (Å²) in [4.78, 5) is 14.5. The van der Waals surface area contributed by atoms with E-state index in [1.165, 1.54) is 0 Å². The van der Waals surface area contributed by atoms with E-state index in [0.29, 0.717) is 6.54 Å². The van der Waals surface area contributed by atoms with Gasteiger partial charge in [0.25, 0.3) is 0 Å². The van der Waals surface area contributed by atoms with Crippen LogP contribution >= 0.6 is 0 Å². The van der Waals surface area contributed by atoms with Gasteiger partial charge in [-0.2, -0.15) is 5.10 Å². The van der Waals surface area contributed by atoms with Gasteiger partial charge in [-0.3, -0.25) is 5.10 Å². The average Bonchev–Trinajstić information content (AvgIpc) is 3.23. The summed E-state index contributed by atoms with van der Waals surface area (Å²) in [5, 5.41) is 16.1. The van der Waals surface area contributed by atoms with Crippen molar-refractivity contribution in [3.05, 3.63) is 66.5 Å². The lowest BCUT2D eigenvalue weighted by molar-refractivity contribution is 0.251. The summed E-state index contributed by atoms with van der Waals surface area (Å²) in [7, 11) is 4.06. The highest BCUT2D eigenvalue weighted by molar-refractivity contribution is 5.94. The number of amides is 2. The summed E-state index contributed by atoms with van der Waals surface area (Å²) < 4.78 is 0. The van der Waals surface area contributed by atoms with Gasteiger partial charge in [0, 0.05) is 31.4 Å². The van der Waals surface area contributed by atoms with Crippen LogP contribution in [0.2, 0.25) is 0 Å². The Morgan fingerprint density at radius 1 is 1.07 bits per heavy atom. The molecule has 7 heteroatoms. The molecule has 0 aliphatic carbocycles. The van der Waals surface area contributed by atoms with Crippen molar-refractivity contribution in [3.63, 3.8) is 0 Å². The first-order valence-electron chi connectivity index (χ1n) is 9.22. The molecule has 0 saturated heterocycles. The molecule has 0 atom stereocenters. The molecule has 0 bridgehead atoms. The molecular weight excluding hydrogens is 352 g/mol. The van der Waals surface area contributed by atoms with E-state index < -0.39 is 0 Å². The van der Waals surface area contributed by atoms with E-state index in [9.17, 15) is 4.79 Å². The van der Waals surface area contributed by atoms with E-state index in [0.717, 1.165) is 41.2 Å². The molecule has 4 N–H and O–H groups in total. The van der Waals surface area contributed by atoms with Crippen LogP contribution in [0.25, 0.3) is 11.1 Å². The van der Waals surface area contributed by atoms with E-state index in [2.05, 4.69) is 31.0 Å². The van der Waals surface area contributed by atoms with Crippen LogP contribution in [0.15, 0.2) is 60.9 Å². The molecule has 3 rings (SSSR count). The number of likely N-dealkylation sites (N-methyl/N-ethyl adjacent to an activating group) is 1. The summed E-state index contributed by atoms with van der Waals surface area (Å²) in [6.45, 7) is 2.13. The Hall–Kier alpha value is -3.32. The summed E-state index contributed by atoms with van der Waals surface area (Å²) >= 11 is 0. The second kappa shape index (κ2) is 9.57. The zero-order chi connectivity index (χ0) is 19.8. The Labute approximate surface area is 165 Å². The van der Waals surface area contributed by atoms with Crippen LogP contribution in [0.4, 0.5) is 16.2 Å². The molecule has 0 radical (unpaired) electrons. The third kappa shape index (κ3) is 5.59. The van der Waals surface area contributed by atoms with Gasteiger partial charge in [0.15, 0.2) is 0 Å². The lowest BCUT2D eigenvalue weighted by Crippen LogP contribution is -2.28. The number of rotatable bonds is 8. The third-order valence-electron chi connectivity index (χ3n) is 4.27. The number of H-pyrrole nitrogens is 1. The van der Waals surface area contributed by atoms with Gasteiger partial charge in [-0.25, -0.2) is 4.79 Å². The van der Waals surface area contributed by atoms with Gasteiger partial charge in [-0.1, -0.05) is 36.4 Å². The number of carbonyl (C=O) groups excluding carboxylic acids is 1. The molecule has 0 spiro atoms. The predicted octanol–water partition coefficient (Wildman–Crippen LogP) is 3.37. The number of carbonyl (C=O) groups is 1. The Kier molecular flexibility index (Phi) is 6.64. The Bertz CT molecular complexity index is 877. The van der Waals surface area contributed by atoms with Crippen LogP contribution in [0.1, 0.15) is 5.56 Å². The van der Waals surface area contributed by atoms with Gasteiger partial charge >= 0.3 is 6.03 Å². The highest BCUT2D eigenvalue weighted by Crippen LogP contribution is 2.28. The second-order valence-electron chi connectivity index (χ2n) is 6.77. The SMILES string of the molecule is CN(C)CCNc1cc(-c2cn[nH]c2)ccc1NC(=O)NCc1ccccc1. The molecule has 0 aliphatic heterocycles. The number of anilines is 2. The number of aromatic amines is 1. The van der Waals surface area contributed by atoms with E-state index in [1.54, 1.807) is 6.20 Å². The fourth-order valence-electron chi connectivity index (χ4n) is 2.75. The van der Waals surface area contributed by atoms with Crippen LogP contribution in [0, 0.1) is 0 Å². The number of hydrogen-bond donors (Lipinski definition) is 4. The fraction of sp³-hybridized carbons (Fsp3) is 0.238. The number of nitrogens with one attached hydrogen (secondary N) is 4. The molecule has 7 nitrogen and oxygen atoms in total. The van der Waals surface area contributed by atoms with Crippen LogP contribution in [0.3, 0.4) is 0 Å². The Morgan fingerprint density at radius 3 is 2.61 bits per heavy atom. The molecule has 0 saturated carbocycles. The minimum atomic E-state index is -0.240. The molecule has 3 aromatic rings. The fourth-order valence-corrected chi connectivity index (χ4v) is 2.75. The number of urea groups is 1. The topological polar surface area (TPSA) is 85.1 Å². The number of hydrogen-bond acceptors (Lipinski definition) is 4. The van der Waals surface area contributed by atoms with Crippen LogP contribution in [-0.2, 0) is 6.54 Å². The Morgan fingerprint density at radius 2 is 1.89 bits per heavy atom. The van der Waals surface area contributed by atoms with Crippen molar-refractivity contribution >= 4 is 17.4 Å². The quantitative estimate of drug-likeness (QED) is 0.484. The first-order chi connectivity index (χ1) is 13.6. The van der Waals surface area contributed by atoms with Crippen molar-refractivity contribution < 1.29 is 4.79 Å². The van der Waals surface area contributed by atoms with Crippen molar-refractivity contribution in [2.75, 3.05) is 37.8 Å². The van der Waals surface area contributed by atoms with E-state index in [1.807, 2.05) is 68.8 Å². The van der Waals surface area contributed by atoms with Gasteiger partial charge in [0.1, 0.15) is 0 Å². The van der Waals surface area contributed by atoms with Crippen molar-refractivity contribution in [2.24, 2.45) is 0 Å². The van der Waals surface area contributed by atoms with Gasteiger partial charge in [0.2, 0.25) is 0 Å². The zero-order valence-corrected chi connectivity index (χ0v) is 16.2. The van der Waals surface area contributed by atoms with Crippen molar-refractivity contribution in [1.29, 1.82) is 0 Å². The summed E-state index contributed by atoms with van der Waals surface area (Å²) in [6, 6.07) is 15.5. The molecule has 0 fully saturated rings. The van der Waals surface area contributed by atoms with Crippen molar-refractivity contribution in [2.45, 2.75) is 6.54 Å². The number of aromatic nitrogens is 2. The lowest BCUT2D eigenvalue weighted by Gasteiger charge is -2.16. The maximum absolute atomic E-state index is 12.4. The molecule has 2 amide bonds. The van der Waals surface area contributed by atoms with Gasteiger partial charge < -0.3 is 20.9 Å². The molecule has 2 aromatic carbocycles. The highest BCUT2D eigenvalue weighted by atomic mass is 16.2. The van der Waals surface area contributed by atoms with Crippen molar-refractivity contribution in [1.82, 2.24) is 20.4 Å². The molecule has 28 heavy (non-hydrogen) atoms. The Balaban J connectivity index is 1.69. The normalized spacial score (nSPS) is 10.7. The standard InChI is InChI=1S/C21H26N6O/c1-27(2)11-10-22-20-12-17(18-14-24-25-15-18)8-9-19(20)26-21(28)23-13-16-6-4-3-5-7-16/h3-9,12,14-15,22H,10-11,13H2,1-2H3,(H,24,25)(H2,23,26,28). The summed E-state index contributed by atoms with van der Waals surface area (Å²) in [5.74, 6) is 0. The zero-order valence-electron chi connectivity index (χ0n) is 16.2.